The summed E-state index contributed by atoms with van der Waals surface area (Å²) in [6, 6.07) is 5.06. The van der Waals surface area contributed by atoms with Gasteiger partial charge in [0.2, 0.25) is 11.8 Å². The van der Waals surface area contributed by atoms with Gasteiger partial charge in [0.25, 0.3) is 5.91 Å². The third kappa shape index (κ3) is 3.88. The Kier molecular flexibility index (Phi) is 5.33. The molecule has 9 heteroatoms. The summed E-state index contributed by atoms with van der Waals surface area (Å²) in [7, 11) is 0. The van der Waals surface area contributed by atoms with E-state index in [1.807, 2.05) is 24.4 Å². The third-order valence-corrected chi connectivity index (χ3v) is 6.19. The number of thiazole rings is 1. The molecule has 0 saturated carbocycles. The first-order valence-electron chi connectivity index (χ1n) is 9.67. The van der Waals surface area contributed by atoms with Crippen LogP contribution in [0.2, 0.25) is 0 Å². The number of carbonyl (C=O) groups excluding carboxylic acids is 3. The molecule has 2 aliphatic rings. The van der Waals surface area contributed by atoms with E-state index in [0.717, 1.165) is 28.4 Å². The van der Waals surface area contributed by atoms with Crippen LogP contribution in [0.1, 0.15) is 59.4 Å². The fourth-order valence-corrected chi connectivity index (χ4v) is 4.44. The van der Waals surface area contributed by atoms with E-state index in [1.54, 1.807) is 11.0 Å². The Labute approximate surface area is 172 Å². The summed E-state index contributed by atoms with van der Waals surface area (Å²) in [6.45, 7) is 2.98. The molecule has 1 saturated heterocycles. The van der Waals surface area contributed by atoms with Crippen LogP contribution >= 0.6 is 11.3 Å². The first-order valence-corrected chi connectivity index (χ1v) is 10.6. The van der Waals surface area contributed by atoms with Crippen LogP contribution in [0.4, 0.5) is 5.13 Å². The van der Waals surface area contributed by atoms with Crippen LogP contribution < -0.4 is 16.4 Å². The van der Waals surface area contributed by atoms with Crippen LogP contribution in [0, 0.1) is 0 Å². The molecule has 4 rings (SSSR count). The number of piperidine rings is 1. The molecule has 1 unspecified atom stereocenters. The molecule has 1 fully saturated rings. The van der Waals surface area contributed by atoms with E-state index < -0.39 is 11.9 Å². The maximum Gasteiger partial charge on any atom is 0.255 e. The third-order valence-electron chi connectivity index (χ3n) is 5.37. The summed E-state index contributed by atoms with van der Waals surface area (Å²) in [5.74, 6) is -0.838. The summed E-state index contributed by atoms with van der Waals surface area (Å²) < 4.78 is 0. The second-order valence-electron chi connectivity index (χ2n) is 7.34. The number of imide groups is 1. The molecule has 8 nitrogen and oxygen atoms in total. The number of aromatic nitrogens is 1. The van der Waals surface area contributed by atoms with Gasteiger partial charge in [-0.1, -0.05) is 19.1 Å². The minimum atomic E-state index is -0.592. The number of anilines is 1. The largest absolute Gasteiger partial charge is 0.357 e. The Morgan fingerprint density at radius 2 is 2.21 bits per heavy atom. The summed E-state index contributed by atoms with van der Waals surface area (Å²) in [6.07, 6.45) is 1.46. The van der Waals surface area contributed by atoms with Gasteiger partial charge in [-0.2, -0.15) is 0 Å². The second kappa shape index (κ2) is 7.92. The lowest BCUT2D eigenvalue weighted by molar-refractivity contribution is -0.136. The van der Waals surface area contributed by atoms with Crippen LogP contribution in [0.25, 0.3) is 0 Å². The predicted octanol–water partition coefficient (Wildman–Crippen LogP) is 1.93. The maximum atomic E-state index is 12.7. The van der Waals surface area contributed by atoms with E-state index in [9.17, 15) is 14.4 Å². The van der Waals surface area contributed by atoms with Crippen LogP contribution in [-0.4, -0.2) is 33.6 Å². The van der Waals surface area contributed by atoms with Crippen molar-refractivity contribution in [3.8, 4) is 0 Å². The molecule has 2 aromatic rings. The maximum absolute atomic E-state index is 12.7. The van der Waals surface area contributed by atoms with Gasteiger partial charge in [0, 0.05) is 36.5 Å². The monoisotopic (exact) mass is 413 g/mol. The van der Waals surface area contributed by atoms with Crippen molar-refractivity contribution in [2.24, 2.45) is 5.73 Å². The van der Waals surface area contributed by atoms with Crippen molar-refractivity contribution in [2.75, 3.05) is 5.32 Å². The van der Waals surface area contributed by atoms with E-state index in [0.29, 0.717) is 25.1 Å². The zero-order valence-electron chi connectivity index (χ0n) is 16.1. The Morgan fingerprint density at radius 1 is 1.38 bits per heavy atom. The molecule has 29 heavy (non-hydrogen) atoms. The molecule has 0 bridgehead atoms. The highest BCUT2D eigenvalue weighted by atomic mass is 32.1. The second-order valence-corrected chi connectivity index (χ2v) is 8.20. The first kappa shape index (κ1) is 19.5. The quantitative estimate of drug-likeness (QED) is 0.623. The average Bonchev–Trinajstić information content (AvgIpc) is 3.31. The molecule has 3 heterocycles. The average molecular weight is 414 g/mol. The number of nitrogens with one attached hydrogen (secondary N) is 2. The number of carbonyl (C=O) groups is 3. The molecule has 4 N–H and O–H groups in total. The van der Waals surface area contributed by atoms with Crippen molar-refractivity contribution in [1.29, 1.82) is 0 Å². The molecular formula is C20H23N5O3S. The zero-order valence-corrected chi connectivity index (χ0v) is 16.9. The molecule has 0 radical (unpaired) electrons. The van der Waals surface area contributed by atoms with E-state index in [2.05, 4.69) is 15.6 Å². The number of nitrogens with two attached hydrogens (primary N) is 1. The highest BCUT2D eigenvalue weighted by Crippen LogP contribution is 2.29. The Morgan fingerprint density at radius 3 is 2.97 bits per heavy atom. The van der Waals surface area contributed by atoms with Crippen molar-refractivity contribution >= 4 is 34.2 Å². The highest BCUT2D eigenvalue weighted by Gasteiger charge is 2.39. The van der Waals surface area contributed by atoms with Gasteiger partial charge in [0.15, 0.2) is 5.13 Å². The van der Waals surface area contributed by atoms with Gasteiger partial charge in [0.05, 0.1) is 5.69 Å². The van der Waals surface area contributed by atoms with E-state index in [1.165, 1.54) is 11.3 Å². The summed E-state index contributed by atoms with van der Waals surface area (Å²) >= 11 is 1.52. The minimum Gasteiger partial charge on any atom is -0.357 e. The highest BCUT2D eigenvalue weighted by molar-refractivity contribution is 7.13. The van der Waals surface area contributed by atoms with Gasteiger partial charge in [-0.25, -0.2) is 4.98 Å². The molecule has 3 amide bonds. The molecular weight excluding hydrogens is 390 g/mol. The van der Waals surface area contributed by atoms with Crippen molar-refractivity contribution in [3.05, 3.63) is 46.0 Å². The van der Waals surface area contributed by atoms with E-state index >= 15 is 0 Å². The Hall–Kier alpha value is -2.78. The number of hydrogen-bond acceptors (Lipinski definition) is 7. The number of amides is 3. The van der Waals surface area contributed by atoms with Crippen molar-refractivity contribution in [2.45, 2.75) is 51.4 Å². The molecule has 1 aromatic heterocycles. The standard InChI is InChI=1S/C20H23N5O3S/c1-2-14(21)15-10-29-20(23-15)22-8-11-3-4-13-12(7-11)9-25(19(13)28)16-5-6-17(26)24-18(16)27/h3-4,7,10,14,16H,2,5-6,8-9,21H2,1H3,(H,22,23)(H,24,26,27)/t14-,16?/m1/s1. The number of rotatable bonds is 6. The van der Waals surface area contributed by atoms with Crippen LogP contribution in [0.15, 0.2) is 23.6 Å². The molecule has 2 aliphatic heterocycles. The lowest BCUT2D eigenvalue weighted by atomic mass is 10.0. The molecule has 0 aliphatic carbocycles. The summed E-state index contributed by atoms with van der Waals surface area (Å²) in [4.78, 5) is 42.3. The van der Waals surface area contributed by atoms with Gasteiger partial charge in [-0.3, -0.25) is 19.7 Å². The number of fused-ring (bicyclic) bond motifs is 1. The molecule has 0 spiro atoms. The van der Waals surface area contributed by atoms with Crippen molar-refractivity contribution in [3.63, 3.8) is 0 Å². The first-order chi connectivity index (χ1) is 14.0. The molecule has 2 atom stereocenters. The number of nitrogens with zero attached hydrogens (tertiary/aromatic N) is 2. The minimum absolute atomic E-state index is 0.0499. The van der Waals surface area contributed by atoms with E-state index in [4.69, 9.17) is 5.73 Å². The fraction of sp³-hybridized carbons (Fsp3) is 0.400. The summed E-state index contributed by atoms with van der Waals surface area (Å²) in [5, 5.41) is 8.40. The van der Waals surface area contributed by atoms with Crippen LogP contribution in [0.3, 0.4) is 0 Å². The normalized spacial score (nSPS) is 19.9. The fourth-order valence-electron chi connectivity index (χ4n) is 3.66. The van der Waals surface area contributed by atoms with Crippen molar-refractivity contribution < 1.29 is 14.4 Å². The van der Waals surface area contributed by atoms with Gasteiger partial charge in [0.1, 0.15) is 6.04 Å². The predicted molar refractivity (Wildman–Crippen MR) is 109 cm³/mol. The smallest absolute Gasteiger partial charge is 0.255 e. The Balaban J connectivity index is 1.43. The Bertz CT molecular complexity index is 973. The van der Waals surface area contributed by atoms with E-state index in [-0.39, 0.29) is 24.3 Å². The van der Waals surface area contributed by atoms with Gasteiger partial charge in [-0.05, 0) is 30.0 Å². The molecule has 152 valence electrons. The van der Waals surface area contributed by atoms with Crippen LogP contribution in [0.5, 0.6) is 0 Å². The zero-order chi connectivity index (χ0) is 20.5. The SMILES string of the molecule is CC[C@@H](N)c1csc(NCc2ccc3c(c2)CN(C2CCC(=O)NC2=O)C3=O)n1. The number of hydrogen-bond donors (Lipinski definition) is 3. The van der Waals surface area contributed by atoms with Gasteiger partial charge < -0.3 is 16.0 Å². The topological polar surface area (TPSA) is 117 Å². The molecule has 1 aromatic carbocycles. The van der Waals surface area contributed by atoms with Crippen molar-refractivity contribution in [1.82, 2.24) is 15.2 Å². The number of benzene rings is 1. The van der Waals surface area contributed by atoms with Crippen LogP contribution in [-0.2, 0) is 22.7 Å². The van der Waals surface area contributed by atoms with Gasteiger partial charge in [-0.15, -0.1) is 11.3 Å². The lowest BCUT2D eigenvalue weighted by Gasteiger charge is -2.29. The lowest BCUT2D eigenvalue weighted by Crippen LogP contribution is -2.52. The van der Waals surface area contributed by atoms with Gasteiger partial charge >= 0.3 is 0 Å². The summed E-state index contributed by atoms with van der Waals surface area (Å²) in [5.41, 5.74) is 9.44.